The lowest BCUT2D eigenvalue weighted by Crippen LogP contribution is -2.20. The van der Waals surface area contributed by atoms with Crippen molar-refractivity contribution in [3.63, 3.8) is 0 Å². The van der Waals surface area contributed by atoms with E-state index in [0.29, 0.717) is 11.4 Å². The number of urea groups is 1. The minimum absolute atomic E-state index is 0.00387. The summed E-state index contributed by atoms with van der Waals surface area (Å²) < 4.78 is 39.9. The number of anilines is 3. The van der Waals surface area contributed by atoms with Crippen molar-refractivity contribution in [1.82, 2.24) is 9.78 Å². The first-order chi connectivity index (χ1) is 14.7. The highest BCUT2D eigenvalue weighted by Gasteiger charge is 2.30. The fraction of sp³-hybridized carbons (Fsp3) is 0.150. The Morgan fingerprint density at radius 3 is 2.35 bits per heavy atom. The van der Waals surface area contributed by atoms with Crippen molar-refractivity contribution < 1.29 is 27.9 Å². The molecule has 1 heterocycles. The summed E-state index contributed by atoms with van der Waals surface area (Å²) >= 11 is 0. The highest BCUT2D eigenvalue weighted by atomic mass is 19.4. The van der Waals surface area contributed by atoms with E-state index in [9.17, 15) is 22.8 Å². The normalized spacial score (nSPS) is 11.1. The van der Waals surface area contributed by atoms with E-state index in [2.05, 4.69) is 21.0 Å². The molecule has 31 heavy (non-hydrogen) atoms. The number of hydrogen-bond acceptors (Lipinski definition) is 4. The van der Waals surface area contributed by atoms with Crippen LogP contribution in [0.1, 0.15) is 15.9 Å². The Hall–Kier alpha value is -3.86. The fourth-order valence-electron chi connectivity index (χ4n) is 2.66. The molecule has 0 saturated carbocycles. The third kappa shape index (κ3) is 6.06. The highest BCUT2D eigenvalue weighted by molar-refractivity contribution is 6.06. The number of aliphatic hydroxyl groups is 1. The van der Waals surface area contributed by atoms with Crippen molar-refractivity contribution in [2.45, 2.75) is 12.7 Å². The van der Waals surface area contributed by atoms with Crippen LogP contribution >= 0.6 is 0 Å². The molecule has 2 aromatic carbocycles. The Morgan fingerprint density at radius 1 is 0.968 bits per heavy atom. The summed E-state index contributed by atoms with van der Waals surface area (Å²) in [6.07, 6.45) is -1.57. The van der Waals surface area contributed by atoms with E-state index in [-0.39, 0.29) is 24.4 Å². The molecule has 0 saturated heterocycles. The summed E-state index contributed by atoms with van der Waals surface area (Å²) in [5, 5.41) is 20.3. The summed E-state index contributed by atoms with van der Waals surface area (Å²) in [6.45, 7) is 0.189. The van der Waals surface area contributed by atoms with Crippen molar-refractivity contribution in [2.75, 3.05) is 22.6 Å². The minimum atomic E-state index is -4.52. The van der Waals surface area contributed by atoms with E-state index in [4.69, 9.17) is 5.11 Å². The van der Waals surface area contributed by atoms with E-state index in [1.807, 2.05) is 0 Å². The molecule has 3 amide bonds. The molecular weight excluding hydrogens is 415 g/mol. The van der Waals surface area contributed by atoms with E-state index in [1.54, 1.807) is 6.07 Å². The van der Waals surface area contributed by atoms with Gasteiger partial charge < -0.3 is 21.1 Å². The first-order valence-electron chi connectivity index (χ1n) is 9.04. The van der Waals surface area contributed by atoms with Gasteiger partial charge >= 0.3 is 12.2 Å². The zero-order valence-electron chi connectivity index (χ0n) is 16.0. The molecule has 0 spiro atoms. The van der Waals surface area contributed by atoms with E-state index >= 15 is 0 Å². The van der Waals surface area contributed by atoms with Crippen LogP contribution in [0.3, 0.4) is 0 Å². The monoisotopic (exact) mass is 433 g/mol. The summed E-state index contributed by atoms with van der Waals surface area (Å²) in [6, 6.07) is 9.63. The lowest BCUT2D eigenvalue weighted by atomic mass is 10.1. The number of carbonyl (C=O) groups excluding carboxylic acids is 2. The Labute approximate surface area is 174 Å². The summed E-state index contributed by atoms with van der Waals surface area (Å²) in [7, 11) is 0. The largest absolute Gasteiger partial charge is 0.416 e. The average Bonchev–Trinajstić information content (AvgIpc) is 3.14. The van der Waals surface area contributed by atoms with Crippen LogP contribution in [-0.2, 0) is 12.7 Å². The molecule has 0 unspecified atom stereocenters. The van der Waals surface area contributed by atoms with Crippen LogP contribution in [0.4, 0.5) is 35.0 Å². The van der Waals surface area contributed by atoms with Crippen molar-refractivity contribution in [2.24, 2.45) is 0 Å². The fourth-order valence-corrected chi connectivity index (χ4v) is 2.66. The van der Waals surface area contributed by atoms with Crippen molar-refractivity contribution in [3.05, 3.63) is 72.1 Å². The molecule has 3 rings (SSSR count). The molecule has 11 heteroatoms. The molecule has 162 valence electrons. The third-order valence-electron chi connectivity index (χ3n) is 4.05. The number of carbonyl (C=O) groups is 2. The first-order valence-corrected chi connectivity index (χ1v) is 9.04. The van der Waals surface area contributed by atoms with Gasteiger partial charge in [-0.1, -0.05) is 12.1 Å². The number of halogens is 3. The van der Waals surface area contributed by atoms with Gasteiger partial charge in [0.25, 0.3) is 5.91 Å². The van der Waals surface area contributed by atoms with Crippen molar-refractivity contribution in [1.29, 1.82) is 0 Å². The van der Waals surface area contributed by atoms with E-state index in [1.165, 1.54) is 47.4 Å². The summed E-state index contributed by atoms with van der Waals surface area (Å²) in [5.74, 6) is -0.631. The van der Waals surface area contributed by atoms with Gasteiger partial charge in [-0.25, -0.2) is 4.79 Å². The van der Waals surface area contributed by atoms with Gasteiger partial charge in [-0.2, -0.15) is 18.3 Å². The standard InChI is InChI=1S/C20H18F3N5O3/c21-20(22,23)14-4-2-6-16(10-14)25-18(30)13-3-1-5-15(9-13)26-19(31)27-17-11-24-28(12-17)7-8-29/h1-6,9-12,29H,7-8H2,(H,25,30)(H2,26,27,31). The van der Waals surface area contributed by atoms with Gasteiger partial charge in [-0.15, -0.1) is 0 Å². The molecule has 1 aromatic heterocycles. The number of aliphatic hydroxyl groups excluding tert-OH is 1. The summed E-state index contributed by atoms with van der Waals surface area (Å²) in [4.78, 5) is 24.6. The molecule has 0 radical (unpaired) electrons. The topological polar surface area (TPSA) is 108 Å². The Morgan fingerprint density at radius 2 is 1.65 bits per heavy atom. The zero-order valence-corrected chi connectivity index (χ0v) is 16.0. The number of nitrogens with zero attached hydrogens (tertiary/aromatic N) is 2. The molecule has 0 fully saturated rings. The van der Waals surface area contributed by atoms with Crippen LogP contribution in [0.5, 0.6) is 0 Å². The Balaban J connectivity index is 1.64. The first kappa shape index (κ1) is 21.8. The van der Waals surface area contributed by atoms with Crippen molar-refractivity contribution >= 4 is 29.0 Å². The Bertz CT molecular complexity index is 1080. The zero-order chi connectivity index (χ0) is 22.4. The molecular formula is C20H18F3N5O3. The second kappa shape index (κ2) is 9.30. The smallest absolute Gasteiger partial charge is 0.394 e. The molecule has 4 N–H and O–H groups in total. The maximum Gasteiger partial charge on any atom is 0.416 e. The van der Waals surface area contributed by atoms with Crippen LogP contribution in [0, 0.1) is 0 Å². The van der Waals surface area contributed by atoms with Crippen LogP contribution in [0.25, 0.3) is 0 Å². The molecule has 0 atom stereocenters. The summed E-state index contributed by atoms with van der Waals surface area (Å²) in [5.41, 5.74) is -0.0252. The second-order valence-corrected chi connectivity index (χ2v) is 6.41. The number of rotatable bonds is 6. The molecule has 0 aliphatic heterocycles. The van der Waals surface area contributed by atoms with Gasteiger partial charge in [0.05, 0.1) is 30.6 Å². The minimum Gasteiger partial charge on any atom is -0.394 e. The van der Waals surface area contributed by atoms with Crippen LogP contribution in [-0.4, -0.2) is 33.4 Å². The molecule has 3 aromatic rings. The number of amides is 3. The van der Waals surface area contributed by atoms with Gasteiger partial charge in [-0.05, 0) is 36.4 Å². The maximum atomic E-state index is 12.8. The molecule has 0 aliphatic rings. The SMILES string of the molecule is O=C(Nc1cccc(C(=O)Nc2cccc(C(F)(F)F)c2)c1)Nc1cnn(CCO)c1. The highest BCUT2D eigenvalue weighted by Crippen LogP contribution is 2.30. The molecule has 8 nitrogen and oxygen atoms in total. The maximum absolute atomic E-state index is 12.8. The van der Waals surface area contributed by atoms with Crippen LogP contribution in [0.15, 0.2) is 60.9 Å². The lowest BCUT2D eigenvalue weighted by molar-refractivity contribution is -0.137. The van der Waals surface area contributed by atoms with Gasteiger partial charge in [0, 0.05) is 23.1 Å². The van der Waals surface area contributed by atoms with Crippen molar-refractivity contribution in [3.8, 4) is 0 Å². The number of benzene rings is 2. The number of hydrogen-bond donors (Lipinski definition) is 4. The lowest BCUT2D eigenvalue weighted by Gasteiger charge is -2.11. The molecule has 0 bridgehead atoms. The van der Waals surface area contributed by atoms with Gasteiger partial charge in [0.2, 0.25) is 0 Å². The van der Waals surface area contributed by atoms with Gasteiger partial charge in [-0.3, -0.25) is 9.48 Å². The number of alkyl halides is 3. The predicted molar refractivity (Wildman–Crippen MR) is 108 cm³/mol. The average molecular weight is 433 g/mol. The van der Waals surface area contributed by atoms with Crippen LogP contribution < -0.4 is 16.0 Å². The number of aromatic nitrogens is 2. The van der Waals surface area contributed by atoms with Gasteiger partial charge in [0.15, 0.2) is 0 Å². The predicted octanol–water partition coefficient (Wildman–Crippen LogP) is 3.79. The Kier molecular flexibility index (Phi) is 6.55. The van der Waals surface area contributed by atoms with E-state index in [0.717, 1.165) is 12.1 Å². The van der Waals surface area contributed by atoms with Crippen LogP contribution in [0.2, 0.25) is 0 Å². The van der Waals surface area contributed by atoms with E-state index < -0.39 is 23.7 Å². The second-order valence-electron chi connectivity index (χ2n) is 6.41. The van der Waals surface area contributed by atoms with Gasteiger partial charge in [0.1, 0.15) is 0 Å². The molecule has 0 aliphatic carbocycles. The third-order valence-corrected chi connectivity index (χ3v) is 4.05. The number of nitrogens with one attached hydrogen (secondary N) is 3. The quantitative estimate of drug-likeness (QED) is 0.474.